The van der Waals surface area contributed by atoms with Crippen LogP contribution < -0.4 is 10.2 Å². The van der Waals surface area contributed by atoms with Crippen LogP contribution in [0.15, 0.2) is 41.3 Å². The number of carbonyl (C=O) groups is 1. The Balaban J connectivity index is 1.48. The topological polar surface area (TPSA) is 80.5 Å². The highest BCUT2D eigenvalue weighted by Crippen LogP contribution is 2.34. The second kappa shape index (κ2) is 6.60. The van der Waals surface area contributed by atoms with Gasteiger partial charge in [-0.05, 0) is 24.6 Å². The Morgan fingerprint density at radius 3 is 2.96 bits per heavy atom. The van der Waals surface area contributed by atoms with Crippen molar-refractivity contribution in [3.8, 4) is 0 Å². The molecule has 126 valence electrons. The number of hydrogen-bond acceptors (Lipinski definition) is 6. The number of carbonyl (C=O) groups excluding carboxylic acids is 1. The van der Waals surface area contributed by atoms with Crippen molar-refractivity contribution in [1.82, 2.24) is 15.3 Å². The lowest BCUT2D eigenvalue weighted by Gasteiger charge is -2.39. The first-order chi connectivity index (χ1) is 11.8. The number of amides is 1. The van der Waals surface area contributed by atoms with E-state index in [9.17, 15) is 4.79 Å². The molecule has 3 atom stereocenters. The molecule has 2 aliphatic rings. The summed E-state index contributed by atoms with van der Waals surface area (Å²) in [6.07, 6.45) is 6.03. The molecule has 2 aromatic rings. The molecule has 1 N–H and O–H groups in total. The number of rotatable bonds is 4. The summed E-state index contributed by atoms with van der Waals surface area (Å²) in [4.78, 5) is 23.4. The Labute approximate surface area is 140 Å². The van der Waals surface area contributed by atoms with E-state index >= 15 is 0 Å². The van der Waals surface area contributed by atoms with Gasteiger partial charge in [0.15, 0.2) is 0 Å². The normalized spacial score (nSPS) is 26.2. The van der Waals surface area contributed by atoms with Gasteiger partial charge in [-0.25, -0.2) is 9.97 Å². The average Bonchev–Trinajstić information content (AvgIpc) is 3.31. The molecule has 0 aromatic carbocycles. The van der Waals surface area contributed by atoms with Gasteiger partial charge in [0.1, 0.15) is 5.76 Å². The molecule has 4 rings (SSSR count). The average molecular weight is 328 g/mol. The predicted octanol–water partition coefficient (Wildman–Crippen LogP) is 1.23. The van der Waals surface area contributed by atoms with Crippen LogP contribution in [-0.2, 0) is 16.1 Å². The minimum Gasteiger partial charge on any atom is -0.467 e. The number of ether oxygens (including phenoxy) is 1. The third-order valence-corrected chi connectivity index (χ3v) is 4.78. The SMILES string of the molecule is O=C(NCc1ccco1)[C@H]1CN(c2ncccn2)C[C@H]2OCC[C@@H]12. The second-order valence-corrected chi connectivity index (χ2v) is 6.22. The minimum atomic E-state index is -0.134. The van der Waals surface area contributed by atoms with Gasteiger partial charge in [0.2, 0.25) is 11.9 Å². The highest BCUT2D eigenvalue weighted by Gasteiger charge is 2.44. The Morgan fingerprint density at radius 1 is 1.29 bits per heavy atom. The Hall–Kier alpha value is -2.41. The molecule has 0 aliphatic carbocycles. The van der Waals surface area contributed by atoms with E-state index in [0.717, 1.165) is 18.7 Å². The van der Waals surface area contributed by atoms with Crippen molar-refractivity contribution >= 4 is 11.9 Å². The Morgan fingerprint density at radius 2 is 2.17 bits per heavy atom. The van der Waals surface area contributed by atoms with Crippen LogP contribution in [0.3, 0.4) is 0 Å². The number of fused-ring (bicyclic) bond motifs is 1. The number of piperidine rings is 1. The van der Waals surface area contributed by atoms with Crippen LogP contribution >= 0.6 is 0 Å². The molecule has 4 heterocycles. The first kappa shape index (κ1) is 15.1. The number of anilines is 1. The minimum absolute atomic E-state index is 0.0348. The zero-order chi connectivity index (χ0) is 16.4. The van der Waals surface area contributed by atoms with Crippen LogP contribution in [0.25, 0.3) is 0 Å². The fourth-order valence-electron chi connectivity index (χ4n) is 3.59. The van der Waals surface area contributed by atoms with E-state index in [1.54, 1.807) is 24.7 Å². The molecule has 2 fully saturated rings. The molecule has 0 radical (unpaired) electrons. The van der Waals surface area contributed by atoms with Gasteiger partial charge in [0.25, 0.3) is 0 Å². The maximum absolute atomic E-state index is 12.7. The van der Waals surface area contributed by atoms with Crippen LogP contribution in [0.5, 0.6) is 0 Å². The first-order valence-corrected chi connectivity index (χ1v) is 8.25. The van der Waals surface area contributed by atoms with Crippen LogP contribution in [0.2, 0.25) is 0 Å². The maximum atomic E-state index is 12.7. The van der Waals surface area contributed by atoms with Gasteiger partial charge in [0.05, 0.1) is 24.8 Å². The highest BCUT2D eigenvalue weighted by molar-refractivity contribution is 5.80. The summed E-state index contributed by atoms with van der Waals surface area (Å²) < 4.78 is 11.1. The number of nitrogens with zero attached hydrogens (tertiary/aromatic N) is 3. The van der Waals surface area contributed by atoms with E-state index in [4.69, 9.17) is 9.15 Å². The molecule has 0 unspecified atom stereocenters. The molecule has 2 aromatic heterocycles. The summed E-state index contributed by atoms with van der Waals surface area (Å²) >= 11 is 0. The first-order valence-electron chi connectivity index (χ1n) is 8.25. The Bertz CT molecular complexity index is 676. The summed E-state index contributed by atoms with van der Waals surface area (Å²) in [7, 11) is 0. The summed E-state index contributed by atoms with van der Waals surface area (Å²) in [5.74, 6) is 1.55. The lowest BCUT2D eigenvalue weighted by molar-refractivity contribution is -0.128. The summed E-state index contributed by atoms with van der Waals surface area (Å²) in [6.45, 7) is 2.46. The quantitative estimate of drug-likeness (QED) is 0.909. The van der Waals surface area contributed by atoms with E-state index in [-0.39, 0.29) is 23.8 Å². The second-order valence-electron chi connectivity index (χ2n) is 6.22. The van der Waals surface area contributed by atoms with Gasteiger partial charge in [-0.3, -0.25) is 4.79 Å². The van der Waals surface area contributed by atoms with Gasteiger partial charge in [-0.15, -0.1) is 0 Å². The van der Waals surface area contributed by atoms with E-state index in [2.05, 4.69) is 15.3 Å². The van der Waals surface area contributed by atoms with Crippen molar-refractivity contribution in [2.24, 2.45) is 11.8 Å². The molecule has 24 heavy (non-hydrogen) atoms. The highest BCUT2D eigenvalue weighted by atomic mass is 16.5. The number of nitrogens with one attached hydrogen (secondary N) is 1. The summed E-state index contributed by atoms with van der Waals surface area (Å²) in [5.41, 5.74) is 0. The summed E-state index contributed by atoms with van der Waals surface area (Å²) in [6, 6.07) is 5.46. The van der Waals surface area contributed by atoms with E-state index < -0.39 is 0 Å². The van der Waals surface area contributed by atoms with Gasteiger partial charge >= 0.3 is 0 Å². The third kappa shape index (κ3) is 2.99. The van der Waals surface area contributed by atoms with Crippen molar-refractivity contribution in [2.45, 2.75) is 19.1 Å². The van der Waals surface area contributed by atoms with Gasteiger partial charge < -0.3 is 19.4 Å². The lowest BCUT2D eigenvalue weighted by Crippen LogP contribution is -2.53. The molecule has 7 heteroatoms. The fourth-order valence-corrected chi connectivity index (χ4v) is 3.59. The van der Waals surface area contributed by atoms with E-state index in [0.29, 0.717) is 25.6 Å². The van der Waals surface area contributed by atoms with Crippen molar-refractivity contribution < 1.29 is 13.9 Å². The van der Waals surface area contributed by atoms with Crippen LogP contribution in [-0.4, -0.2) is 41.7 Å². The molecular weight excluding hydrogens is 308 g/mol. The van der Waals surface area contributed by atoms with Crippen molar-refractivity contribution in [3.63, 3.8) is 0 Å². The smallest absolute Gasteiger partial charge is 0.225 e. The molecule has 7 nitrogen and oxygen atoms in total. The monoisotopic (exact) mass is 328 g/mol. The zero-order valence-corrected chi connectivity index (χ0v) is 13.3. The van der Waals surface area contributed by atoms with Gasteiger partial charge in [-0.1, -0.05) is 0 Å². The largest absolute Gasteiger partial charge is 0.467 e. The number of furan rings is 1. The third-order valence-electron chi connectivity index (χ3n) is 4.78. The molecular formula is C17H20N4O3. The number of hydrogen-bond donors (Lipinski definition) is 1. The molecule has 2 saturated heterocycles. The summed E-state index contributed by atoms with van der Waals surface area (Å²) in [5, 5.41) is 2.98. The fraction of sp³-hybridized carbons (Fsp3) is 0.471. The van der Waals surface area contributed by atoms with Crippen LogP contribution in [0.4, 0.5) is 5.95 Å². The zero-order valence-electron chi connectivity index (χ0n) is 13.3. The molecule has 0 saturated carbocycles. The maximum Gasteiger partial charge on any atom is 0.225 e. The van der Waals surface area contributed by atoms with Crippen molar-refractivity contribution in [1.29, 1.82) is 0 Å². The van der Waals surface area contributed by atoms with Gasteiger partial charge in [-0.2, -0.15) is 0 Å². The molecule has 2 aliphatic heterocycles. The predicted molar refractivity (Wildman–Crippen MR) is 86.1 cm³/mol. The molecule has 1 amide bonds. The van der Waals surface area contributed by atoms with E-state index in [1.807, 2.05) is 17.0 Å². The molecule has 0 bridgehead atoms. The van der Waals surface area contributed by atoms with Crippen molar-refractivity contribution in [3.05, 3.63) is 42.6 Å². The van der Waals surface area contributed by atoms with Crippen LogP contribution in [0.1, 0.15) is 12.2 Å². The van der Waals surface area contributed by atoms with Crippen molar-refractivity contribution in [2.75, 3.05) is 24.6 Å². The van der Waals surface area contributed by atoms with Crippen LogP contribution in [0, 0.1) is 11.8 Å². The molecule has 0 spiro atoms. The lowest BCUT2D eigenvalue weighted by atomic mass is 9.82. The van der Waals surface area contributed by atoms with E-state index in [1.165, 1.54) is 0 Å². The standard InChI is InChI=1S/C17H20N4O3/c22-16(20-9-12-3-1-7-23-12)14-10-21(17-18-5-2-6-19-17)11-15-13(14)4-8-24-15/h1-3,5-7,13-15H,4,8-11H2,(H,20,22)/t13-,14-,15+/m0/s1. The van der Waals surface area contributed by atoms with Gasteiger partial charge in [0, 0.05) is 38.0 Å². The Kier molecular flexibility index (Phi) is 4.17. The number of aromatic nitrogens is 2.